The van der Waals surface area contributed by atoms with Crippen molar-refractivity contribution in [3.63, 3.8) is 0 Å². The van der Waals surface area contributed by atoms with Crippen molar-refractivity contribution in [1.82, 2.24) is 15.5 Å². The van der Waals surface area contributed by atoms with Gasteiger partial charge >= 0.3 is 0 Å². The minimum atomic E-state index is -3.96. The Morgan fingerprint density at radius 1 is 1.69 bits per heavy atom. The summed E-state index contributed by atoms with van der Waals surface area (Å²) in [6.07, 6.45) is 0. The van der Waals surface area contributed by atoms with Crippen LogP contribution in [0, 0.1) is 3.95 Å². The first-order valence-corrected chi connectivity index (χ1v) is 6.01. The molecule has 3 N–H and O–H groups in total. The van der Waals surface area contributed by atoms with Crippen LogP contribution in [-0.4, -0.2) is 29.0 Å². The lowest BCUT2D eigenvalue weighted by Crippen LogP contribution is -2.21. The lowest BCUT2D eigenvalue weighted by molar-refractivity contribution is 0.476. The van der Waals surface area contributed by atoms with E-state index in [9.17, 15) is 8.42 Å². The fourth-order valence-electron chi connectivity index (χ4n) is 0.623. The molecule has 9 heteroatoms. The smallest absolute Gasteiger partial charge is 0.278 e. The zero-order valence-electron chi connectivity index (χ0n) is 6.35. The highest BCUT2D eigenvalue weighted by molar-refractivity contribution is 7.85. The molecule has 0 aliphatic carbocycles. The van der Waals surface area contributed by atoms with Crippen LogP contribution in [0.1, 0.15) is 5.01 Å². The van der Waals surface area contributed by atoms with Crippen LogP contribution in [0.4, 0.5) is 0 Å². The van der Waals surface area contributed by atoms with Crippen LogP contribution < -0.4 is 5.32 Å². The normalized spacial score (nSPS) is 11.8. The summed E-state index contributed by atoms with van der Waals surface area (Å²) in [6.45, 7) is 0.262. The predicted octanol–water partition coefficient (Wildman–Crippen LogP) is 0.136. The molecular weight excluding hydrogens is 234 g/mol. The number of nitrogens with one attached hydrogen (secondary N) is 2. The summed E-state index contributed by atoms with van der Waals surface area (Å²) in [5.74, 6) is -0.487. The molecule has 0 bridgehead atoms. The van der Waals surface area contributed by atoms with Crippen molar-refractivity contribution in [3.8, 4) is 0 Å². The van der Waals surface area contributed by atoms with Crippen molar-refractivity contribution in [2.75, 3.05) is 5.88 Å². The van der Waals surface area contributed by atoms with E-state index in [2.05, 4.69) is 15.5 Å². The van der Waals surface area contributed by atoms with Gasteiger partial charge in [0.15, 0.2) is 3.95 Å². The van der Waals surface area contributed by atoms with Gasteiger partial charge in [-0.1, -0.05) is 11.3 Å². The number of hydrogen-bond donors (Lipinski definition) is 3. The van der Waals surface area contributed by atoms with Gasteiger partial charge in [-0.15, -0.1) is 0 Å². The van der Waals surface area contributed by atoms with Gasteiger partial charge in [0.05, 0.1) is 6.54 Å². The summed E-state index contributed by atoms with van der Waals surface area (Å²) in [5.41, 5.74) is 0. The number of H-pyrrole nitrogens is 1. The Labute approximate surface area is 83.7 Å². The highest BCUT2D eigenvalue weighted by Crippen LogP contribution is 2.03. The van der Waals surface area contributed by atoms with Crippen molar-refractivity contribution >= 4 is 33.7 Å². The molecule has 0 amide bonds. The Kier molecular flexibility index (Phi) is 3.50. The Balaban J connectivity index is 2.41. The molecule has 13 heavy (non-hydrogen) atoms. The Hall–Kier alpha value is -0.350. The lowest BCUT2D eigenvalue weighted by Gasteiger charge is -1.97. The maximum atomic E-state index is 10.3. The SMILES string of the molecule is O=S(=O)(O)CNCc1n[nH]c(=S)s1. The van der Waals surface area contributed by atoms with Crippen molar-refractivity contribution in [2.45, 2.75) is 6.54 Å². The molecule has 0 fully saturated rings. The minimum absolute atomic E-state index is 0.262. The van der Waals surface area contributed by atoms with Crippen LogP contribution >= 0.6 is 23.6 Å². The fraction of sp³-hybridized carbons (Fsp3) is 0.500. The summed E-state index contributed by atoms with van der Waals surface area (Å²) in [5, 5.41) is 9.48. The van der Waals surface area contributed by atoms with Gasteiger partial charge in [-0.3, -0.25) is 15.0 Å². The van der Waals surface area contributed by atoms with Gasteiger partial charge in [-0.25, -0.2) is 0 Å². The number of rotatable bonds is 4. The van der Waals surface area contributed by atoms with Crippen LogP contribution in [0.15, 0.2) is 0 Å². The van der Waals surface area contributed by atoms with Crippen molar-refractivity contribution in [2.24, 2.45) is 0 Å². The first kappa shape index (κ1) is 10.7. The average molecular weight is 241 g/mol. The van der Waals surface area contributed by atoms with E-state index in [4.69, 9.17) is 16.8 Å². The van der Waals surface area contributed by atoms with Crippen LogP contribution in [0.3, 0.4) is 0 Å². The second kappa shape index (κ2) is 4.24. The third kappa shape index (κ3) is 4.43. The molecule has 1 rings (SSSR count). The highest BCUT2D eigenvalue weighted by Gasteiger charge is 2.03. The molecule has 0 aliphatic heterocycles. The van der Waals surface area contributed by atoms with Crippen LogP contribution in [0.2, 0.25) is 0 Å². The quantitative estimate of drug-likeness (QED) is 0.512. The molecule has 0 saturated carbocycles. The Morgan fingerprint density at radius 2 is 2.38 bits per heavy atom. The zero-order chi connectivity index (χ0) is 9.90. The number of aromatic nitrogens is 2. The number of aromatic amines is 1. The number of nitrogens with zero attached hydrogens (tertiary/aromatic N) is 1. The topological polar surface area (TPSA) is 95.1 Å². The third-order valence-corrected chi connectivity index (χ3v) is 2.70. The predicted molar refractivity (Wildman–Crippen MR) is 50.6 cm³/mol. The maximum absolute atomic E-state index is 10.3. The first-order chi connectivity index (χ1) is 5.97. The monoisotopic (exact) mass is 241 g/mol. The Morgan fingerprint density at radius 3 is 2.85 bits per heavy atom. The fourth-order valence-corrected chi connectivity index (χ4v) is 1.89. The molecule has 0 atom stereocenters. The van der Waals surface area contributed by atoms with E-state index in [-0.39, 0.29) is 6.54 Å². The summed E-state index contributed by atoms with van der Waals surface area (Å²) in [7, 11) is -3.96. The van der Waals surface area contributed by atoms with E-state index >= 15 is 0 Å². The van der Waals surface area contributed by atoms with E-state index in [1.54, 1.807) is 0 Å². The average Bonchev–Trinajstić information content (AvgIpc) is 2.33. The molecule has 0 aromatic carbocycles. The zero-order valence-corrected chi connectivity index (χ0v) is 8.80. The van der Waals surface area contributed by atoms with Crippen LogP contribution in [0.5, 0.6) is 0 Å². The molecule has 1 aromatic heterocycles. The molecular formula is C4H7N3O3S3. The molecule has 0 aliphatic rings. The molecule has 0 saturated heterocycles. The van der Waals surface area contributed by atoms with Gasteiger partial charge in [-0.05, 0) is 12.2 Å². The van der Waals surface area contributed by atoms with Gasteiger partial charge in [0.1, 0.15) is 10.9 Å². The molecule has 74 valence electrons. The van der Waals surface area contributed by atoms with Gasteiger partial charge in [0, 0.05) is 0 Å². The van der Waals surface area contributed by atoms with Gasteiger partial charge < -0.3 is 0 Å². The maximum Gasteiger partial charge on any atom is 0.278 e. The van der Waals surface area contributed by atoms with E-state index in [1.165, 1.54) is 11.3 Å². The summed E-state index contributed by atoms with van der Waals surface area (Å²) in [6, 6.07) is 0. The van der Waals surface area contributed by atoms with Crippen LogP contribution in [0.25, 0.3) is 0 Å². The largest absolute Gasteiger partial charge is 0.295 e. The second-order valence-electron chi connectivity index (χ2n) is 2.16. The standard InChI is InChI=1S/C4H7N3O3S3/c8-13(9,10)2-5-1-3-6-7-4(11)12-3/h5H,1-2H2,(H,7,11)(H,8,9,10). The van der Waals surface area contributed by atoms with Gasteiger partial charge in [0.2, 0.25) is 0 Å². The number of hydrogen-bond acceptors (Lipinski definition) is 6. The highest BCUT2D eigenvalue weighted by atomic mass is 32.2. The van der Waals surface area contributed by atoms with Crippen molar-refractivity contribution < 1.29 is 13.0 Å². The minimum Gasteiger partial charge on any atom is -0.295 e. The summed E-state index contributed by atoms with van der Waals surface area (Å²) < 4.78 is 29.4. The van der Waals surface area contributed by atoms with E-state index in [0.717, 1.165) is 0 Å². The van der Waals surface area contributed by atoms with Crippen LogP contribution in [-0.2, 0) is 16.7 Å². The first-order valence-electron chi connectivity index (χ1n) is 3.17. The van der Waals surface area contributed by atoms with Crippen molar-refractivity contribution in [1.29, 1.82) is 0 Å². The third-order valence-electron chi connectivity index (χ3n) is 1.04. The van der Waals surface area contributed by atoms with E-state index < -0.39 is 16.0 Å². The van der Waals surface area contributed by atoms with E-state index in [1.807, 2.05) is 0 Å². The lowest BCUT2D eigenvalue weighted by atomic mass is 10.7. The molecule has 0 unspecified atom stereocenters. The molecule has 1 aromatic rings. The molecule has 0 radical (unpaired) electrons. The molecule has 0 spiro atoms. The summed E-state index contributed by atoms with van der Waals surface area (Å²) >= 11 is 6.01. The summed E-state index contributed by atoms with van der Waals surface area (Å²) in [4.78, 5) is 0. The van der Waals surface area contributed by atoms with E-state index in [0.29, 0.717) is 8.96 Å². The Bertz CT molecular complexity index is 419. The second-order valence-corrected chi connectivity index (χ2v) is 5.36. The van der Waals surface area contributed by atoms with Gasteiger partial charge in [-0.2, -0.15) is 13.5 Å². The van der Waals surface area contributed by atoms with Gasteiger partial charge in [0.25, 0.3) is 10.1 Å². The van der Waals surface area contributed by atoms with Crippen molar-refractivity contribution in [3.05, 3.63) is 8.96 Å². The molecule has 1 heterocycles. The molecule has 6 nitrogen and oxygen atoms in total.